The van der Waals surface area contributed by atoms with Crippen LogP contribution in [0.4, 0.5) is 0 Å². The maximum atomic E-state index is 15.3. The van der Waals surface area contributed by atoms with E-state index in [-0.39, 0.29) is 76.7 Å². The van der Waals surface area contributed by atoms with Gasteiger partial charge in [-0.15, -0.1) is 0 Å². The number of methoxy groups -OCH3 is 3. The molecule has 1 aliphatic carbocycles. The van der Waals surface area contributed by atoms with Crippen LogP contribution in [0.2, 0.25) is 54.4 Å². The lowest BCUT2D eigenvalue weighted by Gasteiger charge is -2.45. The van der Waals surface area contributed by atoms with Crippen LogP contribution in [0.15, 0.2) is 23.3 Å². The van der Waals surface area contributed by atoms with Crippen molar-refractivity contribution in [1.82, 2.24) is 4.90 Å². The number of carbonyl (C=O) groups is 4. The maximum absolute atomic E-state index is 15.3. The molecule has 14 nitrogen and oxygen atoms in total. The van der Waals surface area contributed by atoms with Crippen molar-refractivity contribution >= 4 is 48.6 Å². The molecular formula is C61H113NO13Si3. The Balaban J connectivity index is 2.36. The molecule has 2 aliphatic heterocycles. The van der Waals surface area contributed by atoms with Gasteiger partial charge in [0.1, 0.15) is 17.9 Å². The van der Waals surface area contributed by atoms with Crippen molar-refractivity contribution < 1.29 is 61.6 Å². The highest BCUT2D eigenvalue weighted by molar-refractivity contribution is 6.75. The van der Waals surface area contributed by atoms with Gasteiger partial charge in [-0.05, 0) is 150 Å². The van der Waals surface area contributed by atoms with Gasteiger partial charge in [-0.3, -0.25) is 9.59 Å². The highest BCUT2D eigenvalue weighted by Gasteiger charge is 2.56. The summed E-state index contributed by atoms with van der Waals surface area (Å²) in [6, 6.07) is -1.20. The number of cyclic esters (lactones) is 1. The van der Waals surface area contributed by atoms with E-state index in [2.05, 4.69) is 128 Å². The zero-order valence-corrected chi connectivity index (χ0v) is 56.5. The molecule has 78 heavy (non-hydrogen) atoms. The Labute approximate surface area is 477 Å². The van der Waals surface area contributed by atoms with E-state index in [1.165, 1.54) is 12.0 Å². The molecule has 1 saturated heterocycles. The molecule has 452 valence electrons. The van der Waals surface area contributed by atoms with E-state index in [0.717, 1.165) is 24.0 Å². The number of carbonyl (C=O) groups excluding carboxylic acids is 3. The molecule has 2 fully saturated rings. The highest BCUT2D eigenvalue weighted by atomic mass is 28.4. The first-order valence-corrected chi connectivity index (χ1v) is 38.3. The molecule has 3 aliphatic rings. The first-order valence-electron chi connectivity index (χ1n) is 29.6. The van der Waals surface area contributed by atoms with Gasteiger partial charge in [-0.2, -0.15) is 0 Å². The number of ketones is 1. The number of aliphatic hydroxyl groups is 1. The lowest BCUT2D eigenvalue weighted by atomic mass is 9.80. The zero-order chi connectivity index (χ0) is 59.9. The third-order valence-electron chi connectivity index (χ3n) is 19.4. The van der Waals surface area contributed by atoms with Gasteiger partial charge >= 0.3 is 11.9 Å². The van der Waals surface area contributed by atoms with Crippen molar-refractivity contribution in [2.45, 2.75) is 283 Å². The van der Waals surface area contributed by atoms with Gasteiger partial charge in [0.25, 0.3) is 5.91 Å². The number of esters is 1. The number of fused-ring (bicyclic) bond motifs is 1. The summed E-state index contributed by atoms with van der Waals surface area (Å²) in [5.74, 6) is -5.46. The first kappa shape index (κ1) is 70.2. The predicted molar refractivity (Wildman–Crippen MR) is 320 cm³/mol. The van der Waals surface area contributed by atoms with Gasteiger partial charge in [-0.1, -0.05) is 108 Å². The summed E-state index contributed by atoms with van der Waals surface area (Å²) in [5.41, 5.74) is -1.09. The van der Waals surface area contributed by atoms with Crippen LogP contribution in [0.5, 0.6) is 0 Å². The summed E-state index contributed by atoms with van der Waals surface area (Å²) >= 11 is 0. The van der Waals surface area contributed by atoms with E-state index in [1.807, 2.05) is 20.8 Å². The van der Waals surface area contributed by atoms with Gasteiger partial charge < -0.3 is 47.3 Å². The number of piperidine rings is 1. The quantitative estimate of drug-likeness (QED) is 0.0772. The van der Waals surface area contributed by atoms with Crippen molar-refractivity contribution in [3.8, 4) is 0 Å². The number of hydrogen-bond donors (Lipinski definition) is 2. The fraction of sp³-hybridized carbons (Fsp3) is 0.869. The first-order chi connectivity index (χ1) is 35.6. The van der Waals surface area contributed by atoms with Gasteiger partial charge in [0.15, 0.2) is 25.0 Å². The second kappa shape index (κ2) is 28.0. The Bertz CT molecular complexity index is 2050. The Morgan fingerprint density at radius 1 is 0.731 bits per heavy atom. The standard InChI is InChI=1S/C61H113NO13Si3/c1-25-45-33-39(2)32-40(3)34-51(70-17)54(75-78(23,24)60(13,14)15)52(71-18)36-42(5)61(68,57(66)67)56(65)62-31-27-26-28-46(62)55(64)72-53(43(6)49(38-47(45)63)74-77(21,22)59(10,11)12)41(4)35-44-29-30-48(50(37-44)69-16)73-76(19,20)58(7,8)9/h33,35,40,42-46,48-54,68H,25-32,34,36-38H2,1-24H3,(H,66,67)/b39-33+,41-35+/t40-,42+,43+,44-,45+,46-,48+,49-,50+,51-,52-,53+,54?,61+/m0/s1. The molecule has 0 aromatic heterocycles. The third kappa shape index (κ3) is 17.5. The lowest BCUT2D eigenvalue weighted by Crippen LogP contribution is -2.63. The second-order valence-corrected chi connectivity index (χ2v) is 42.9. The summed E-state index contributed by atoms with van der Waals surface area (Å²) in [4.78, 5) is 60.3. The van der Waals surface area contributed by atoms with Crippen LogP contribution in [0.25, 0.3) is 0 Å². The molecule has 0 bridgehead atoms. The van der Waals surface area contributed by atoms with Crippen molar-refractivity contribution in [3.05, 3.63) is 23.3 Å². The molecule has 2 N–H and O–H groups in total. The van der Waals surface area contributed by atoms with Crippen LogP contribution in [-0.4, -0.2) is 146 Å². The van der Waals surface area contributed by atoms with Crippen LogP contribution >= 0.6 is 0 Å². The van der Waals surface area contributed by atoms with E-state index in [9.17, 15) is 15.0 Å². The summed E-state index contributed by atoms with van der Waals surface area (Å²) < 4.78 is 47.0. The molecule has 3 rings (SSSR count). The fourth-order valence-electron chi connectivity index (χ4n) is 11.1. The number of hydrogen-bond acceptors (Lipinski definition) is 12. The highest BCUT2D eigenvalue weighted by Crippen LogP contribution is 2.44. The Morgan fingerprint density at radius 3 is 1.74 bits per heavy atom. The minimum Gasteiger partial charge on any atom is -0.479 e. The summed E-state index contributed by atoms with van der Waals surface area (Å²) in [5, 5.41) is 23.2. The second-order valence-electron chi connectivity index (χ2n) is 28.7. The molecule has 0 aromatic carbocycles. The summed E-state index contributed by atoms with van der Waals surface area (Å²) in [6.07, 6.45) is 5.93. The van der Waals surface area contributed by atoms with Crippen molar-refractivity contribution in [1.29, 1.82) is 0 Å². The van der Waals surface area contributed by atoms with Crippen LogP contribution in [0.1, 0.15) is 174 Å². The number of rotatable bonds is 13. The van der Waals surface area contributed by atoms with Gasteiger partial charge in [-0.25, -0.2) is 9.59 Å². The molecule has 1 amide bonds. The third-order valence-corrected chi connectivity index (χ3v) is 32.9. The number of carboxylic acids is 1. The number of nitrogens with zero attached hydrogens (tertiary/aromatic N) is 1. The normalized spacial score (nSPS) is 34.0. The lowest BCUT2D eigenvalue weighted by molar-refractivity contribution is -0.186. The van der Waals surface area contributed by atoms with Crippen LogP contribution < -0.4 is 0 Å². The average Bonchev–Trinajstić information content (AvgIpc) is 3.32. The summed E-state index contributed by atoms with van der Waals surface area (Å²) in [7, 11) is -2.35. The maximum Gasteiger partial charge on any atom is 0.345 e. The van der Waals surface area contributed by atoms with Gasteiger partial charge in [0.2, 0.25) is 5.60 Å². The predicted octanol–water partition coefficient (Wildman–Crippen LogP) is 13.1. The smallest absolute Gasteiger partial charge is 0.345 e. The number of ether oxygens (including phenoxy) is 4. The van der Waals surface area contributed by atoms with E-state index in [1.54, 1.807) is 21.1 Å². The number of Topliss-reactive ketones (excluding diaryl/α,β-unsaturated/α-hetero) is 1. The zero-order valence-electron chi connectivity index (χ0n) is 53.5. The topological polar surface area (TPSA) is 177 Å². The van der Waals surface area contributed by atoms with Crippen LogP contribution in [-0.2, 0) is 51.4 Å². The van der Waals surface area contributed by atoms with Gasteiger partial charge in [0.05, 0.1) is 36.6 Å². The van der Waals surface area contributed by atoms with E-state index < -0.39 is 96.8 Å². The van der Waals surface area contributed by atoms with Crippen molar-refractivity contribution in [2.24, 2.45) is 29.6 Å². The van der Waals surface area contributed by atoms with E-state index in [4.69, 9.17) is 32.2 Å². The Hall–Kier alpha value is -2.07. The molecule has 0 aromatic rings. The molecule has 1 saturated carbocycles. The molecule has 14 atom stereocenters. The number of carboxylic acid groups (broad SMARTS) is 1. The van der Waals surface area contributed by atoms with Crippen LogP contribution in [0.3, 0.4) is 0 Å². The molecule has 1 unspecified atom stereocenters. The van der Waals surface area contributed by atoms with E-state index in [0.29, 0.717) is 38.5 Å². The van der Waals surface area contributed by atoms with E-state index >= 15 is 14.4 Å². The molecule has 17 heteroatoms. The average molecular weight is 1150 g/mol. The number of aliphatic carboxylic acids is 1. The minimum absolute atomic E-state index is 0.0299. The van der Waals surface area contributed by atoms with Crippen molar-refractivity contribution in [2.75, 3.05) is 27.9 Å². The number of amides is 1. The largest absolute Gasteiger partial charge is 0.479 e. The molecule has 0 spiro atoms. The molecule has 0 radical (unpaired) electrons. The minimum atomic E-state index is -2.95. The summed E-state index contributed by atoms with van der Waals surface area (Å²) in [6.45, 7) is 44.7. The monoisotopic (exact) mass is 1150 g/mol. The molecule has 2 heterocycles. The van der Waals surface area contributed by atoms with Crippen molar-refractivity contribution in [3.63, 3.8) is 0 Å². The molecular weight excluding hydrogens is 1040 g/mol. The fourth-order valence-corrected chi connectivity index (χ4v) is 15.3. The Kier molecular flexibility index (Phi) is 25.2. The number of allylic oxidation sites excluding steroid dienone is 3. The van der Waals surface area contributed by atoms with Gasteiger partial charge in [0, 0.05) is 52.0 Å². The Morgan fingerprint density at radius 2 is 1.24 bits per heavy atom. The van der Waals surface area contributed by atoms with Crippen LogP contribution in [0, 0.1) is 29.6 Å². The SMILES string of the molecule is CC[C@@H]1/C=C(\C)C[C@H](C)C[C@H](OC)C(O[Si](C)(C)C(C)(C)C)[C@@H](OC)C[C@@H](C)[C@](O)(C(=O)O)C(=O)N2CCCC[C@H]2C(=O)O[C@H](/C(C)=C/[C@@H]2CC[C@@H](O[Si](C)(C)C(C)(C)C)[C@H](OC)C2)[C@H](C)[C@@H](O[Si](C)(C)C(C)(C)C)CC1=O.